The molecule has 2 N–H and O–H groups in total. The molecule has 0 fully saturated rings. The summed E-state index contributed by atoms with van der Waals surface area (Å²) in [5, 5.41) is 2.75. The molecule has 0 saturated heterocycles. The number of halogens is 2. The van der Waals surface area contributed by atoms with Crippen molar-refractivity contribution in [1.29, 1.82) is 0 Å². The lowest BCUT2D eigenvalue weighted by atomic mass is 10.2. The topological polar surface area (TPSA) is 84.5 Å². The van der Waals surface area contributed by atoms with Crippen LogP contribution in [0, 0.1) is 5.82 Å². The highest BCUT2D eigenvalue weighted by atomic mass is 35.5. The van der Waals surface area contributed by atoms with Gasteiger partial charge in [-0.2, -0.15) is 0 Å². The molecule has 0 aliphatic carbocycles. The van der Waals surface area contributed by atoms with Gasteiger partial charge in [-0.1, -0.05) is 41.9 Å². The number of anilines is 1. The number of carbonyl (C=O) groups is 1. The smallest absolute Gasteiger partial charge is 0.258 e. The number of carbonyl (C=O) groups excluding carboxylic acids is 1. The van der Waals surface area contributed by atoms with Crippen LogP contribution in [0.15, 0.2) is 71.6 Å². The van der Waals surface area contributed by atoms with Crippen LogP contribution in [-0.4, -0.2) is 21.4 Å². The van der Waals surface area contributed by atoms with Gasteiger partial charge in [-0.15, -0.1) is 0 Å². The van der Waals surface area contributed by atoms with E-state index in [1.165, 1.54) is 7.11 Å². The van der Waals surface area contributed by atoms with Crippen LogP contribution < -0.4 is 14.8 Å². The van der Waals surface area contributed by atoms with E-state index in [-0.39, 0.29) is 22.2 Å². The quantitative estimate of drug-likeness (QED) is 0.566. The third kappa shape index (κ3) is 4.96. The zero-order chi connectivity index (χ0) is 21.7. The van der Waals surface area contributed by atoms with Crippen molar-refractivity contribution in [2.75, 3.05) is 12.4 Å². The van der Waals surface area contributed by atoms with Crippen molar-refractivity contribution in [2.24, 2.45) is 0 Å². The summed E-state index contributed by atoms with van der Waals surface area (Å²) in [6.07, 6.45) is 0. The average Bonchev–Trinajstić information content (AvgIpc) is 2.74. The number of hydrogen-bond acceptors (Lipinski definition) is 4. The highest BCUT2D eigenvalue weighted by Crippen LogP contribution is 2.23. The molecular formula is C21H18ClFN2O4S. The Kier molecular flexibility index (Phi) is 6.71. The molecule has 0 aromatic heterocycles. The van der Waals surface area contributed by atoms with Crippen molar-refractivity contribution in [3.63, 3.8) is 0 Å². The number of benzene rings is 3. The van der Waals surface area contributed by atoms with Gasteiger partial charge < -0.3 is 10.1 Å². The Morgan fingerprint density at radius 3 is 2.50 bits per heavy atom. The zero-order valence-corrected chi connectivity index (χ0v) is 17.4. The van der Waals surface area contributed by atoms with Crippen LogP contribution >= 0.6 is 11.6 Å². The van der Waals surface area contributed by atoms with Crippen molar-refractivity contribution < 1.29 is 22.3 Å². The molecule has 0 spiro atoms. The first-order valence-electron chi connectivity index (χ1n) is 8.79. The second kappa shape index (κ2) is 9.25. The Hall–Kier alpha value is -2.94. The lowest BCUT2D eigenvalue weighted by Crippen LogP contribution is -2.24. The van der Waals surface area contributed by atoms with Crippen LogP contribution in [0.4, 0.5) is 10.1 Å². The molecule has 6 nitrogen and oxygen atoms in total. The number of ether oxygens (including phenoxy) is 1. The third-order valence-electron chi connectivity index (χ3n) is 4.26. The molecule has 0 heterocycles. The van der Waals surface area contributed by atoms with E-state index in [9.17, 15) is 17.6 Å². The molecule has 3 aromatic carbocycles. The van der Waals surface area contributed by atoms with Crippen LogP contribution in [-0.2, 0) is 16.6 Å². The average molecular weight is 449 g/mol. The molecule has 0 aliphatic heterocycles. The summed E-state index contributed by atoms with van der Waals surface area (Å²) in [6, 6.07) is 16.4. The first-order valence-corrected chi connectivity index (χ1v) is 10.6. The van der Waals surface area contributed by atoms with Crippen molar-refractivity contribution in [2.45, 2.75) is 11.4 Å². The molecule has 1 amide bonds. The summed E-state index contributed by atoms with van der Waals surface area (Å²) >= 11 is 6.00. The largest absolute Gasteiger partial charge is 0.496 e. The minimum atomic E-state index is -4.02. The number of sulfonamides is 1. The van der Waals surface area contributed by atoms with Crippen molar-refractivity contribution in [1.82, 2.24) is 4.72 Å². The van der Waals surface area contributed by atoms with Crippen molar-refractivity contribution in [3.05, 3.63) is 88.7 Å². The van der Waals surface area contributed by atoms with Crippen molar-refractivity contribution >= 4 is 33.2 Å². The van der Waals surface area contributed by atoms with E-state index in [0.717, 1.165) is 18.2 Å². The molecule has 0 saturated carbocycles. The molecule has 3 aromatic rings. The first kappa shape index (κ1) is 21.8. The van der Waals surface area contributed by atoms with Crippen LogP contribution in [0.5, 0.6) is 5.75 Å². The maximum Gasteiger partial charge on any atom is 0.258 e. The summed E-state index contributed by atoms with van der Waals surface area (Å²) in [5.41, 5.74) is 0.489. The van der Waals surface area contributed by atoms with Gasteiger partial charge in [-0.25, -0.2) is 17.5 Å². The summed E-state index contributed by atoms with van der Waals surface area (Å²) in [6.45, 7) is -0.0368. The lowest BCUT2D eigenvalue weighted by molar-refractivity contribution is 0.102. The molecule has 0 radical (unpaired) electrons. The molecule has 3 rings (SSSR count). The monoisotopic (exact) mass is 448 g/mol. The van der Waals surface area contributed by atoms with Gasteiger partial charge in [0.25, 0.3) is 5.91 Å². The van der Waals surface area contributed by atoms with Gasteiger partial charge in [-0.3, -0.25) is 4.79 Å². The van der Waals surface area contributed by atoms with E-state index in [1.54, 1.807) is 48.5 Å². The van der Waals surface area contributed by atoms with E-state index < -0.39 is 27.3 Å². The molecule has 30 heavy (non-hydrogen) atoms. The fourth-order valence-electron chi connectivity index (χ4n) is 2.70. The van der Waals surface area contributed by atoms with Crippen molar-refractivity contribution in [3.8, 4) is 5.75 Å². The van der Waals surface area contributed by atoms with Gasteiger partial charge in [0.2, 0.25) is 10.0 Å². The fourth-order valence-corrected chi connectivity index (χ4v) is 3.92. The van der Waals surface area contributed by atoms with E-state index in [4.69, 9.17) is 16.3 Å². The first-order chi connectivity index (χ1) is 14.3. The van der Waals surface area contributed by atoms with E-state index >= 15 is 0 Å². The Balaban J connectivity index is 1.82. The number of amides is 1. The number of hydrogen-bond donors (Lipinski definition) is 2. The van der Waals surface area contributed by atoms with Gasteiger partial charge in [0.15, 0.2) is 0 Å². The Morgan fingerprint density at radius 2 is 1.77 bits per heavy atom. The predicted molar refractivity (Wildman–Crippen MR) is 113 cm³/mol. The molecule has 156 valence electrons. The summed E-state index contributed by atoms with van der Waals surface area (Å²) < 4.78 is 47.2. The van der Waals surface area contributed by atoms with E-state index in [1.807, 2.05) is 0 Å². The Bertz CT molecular complexity index is 1190. The van der Waals surface area contributed by atoms with E-state index in [0.29, 0.717) is 11.3 Å². The minimum absolute atomic E-state index is 0.0368. The second-order valence-corrected chi connectivity index (χ2v) is 8.39. The molecule has 9 heteroatoms. The Morgan fingerprint density at radius 1 is 1.07 bits per heavy atom. The molecule has 0 unspecified atom stereocenters. The number of rotatable bonds is 7. The number of para-hydroxylation sites is 2. The SMILES string of the molecule is COc1ccccc1CNS(=O)(=O)c1ccc(F)c(C(=O)Nc2ccccc2Cl)c1. The molecule has 0 bridgehead atoms. The minimum Gasteiger partial charge on any atom is -0.496 e. The standard InChI is InChI=1S/C21H18ClFN2O4S/c1-29-20-9-5-2-6-14(20)13-24-30(27,28)15-10-11-18(23)16(12-15)21(26)25-19-8-4-3-7-17(19)22/h2-12,24H,13H2,1H3,(H,25,26). The summed E-state index contributed by atoms with van der Waals surface area (Å²) in [7, 11) is -2.53. The number of methoxy groups -OCH3 is 1. The van der Waals surface area contributed by atoms with Gasteiger partial charge in [-0.05, 0) is 36.4 Å². The van der Waals surface area contributed by atoms with Crippen LogP contribution in [0.3, 0.4) is 0 Å². The molecule has 0 aliphatic rings. The highest BCUT2D eigenvalue weighted by molar-refractivity contribution is 7.89. The lowest BCUT2D eigenvalue weighted by Gasteiger charge is -2.12. The maximum atomic E-state index is 14.2. The van der Waals surface area contributed by atoms with E-state index in [2.05, 4.69) is 10.0 Å². The number of nitrogens with one attached hydrogen (secondary N) is 2. The predicted octanol–water partition coefficient (Wildman–Crippen LogP) is 4.22. The summed E-state index contributed by atoms with van der Waals surface area (Å²) in [4.78, 5) is 12.2. The normalized spacial score (nSPS) is 11.2. The summed E-state index contributed by atoms with van der Waals surface area (Å²) in [5.74, 6) is -1.15. The molecular weight excluding hydrogens is 431 g/mol. The second-order valence-electron chi connectivity index (χ2n) is 6.21. The zero-order valence-electron chi connectivity index (χ0n) is 15.9. The van der Waals surface area contributed by atoms with Gasteiger partial charge >= 0.3 is 0 Å². The fraction of sp³-hybridized carbons (Fsp3) is 0.0952. The molecule has 0 atom stereocenters. The van der Waals surface area contributed by atoms with Gasteiger partial charge in [0, 0.05) is 12.1 Å². The van der Waals surface area contributed by atoms with Crippen LogP contribution in [0.2, 0.25) is 5.02 Å². The highest BCUT2D eigenvalue weighted by Gasteiger charge is 2.20. The van der Waals surface area contributed by atoms with Gasteiger partial charge in [0.1, 0.15) is 11.6 Å². The van der Waals surface area contributed by atoms with Gasteiger partial charge in [0.05, 0.1) is 28.3 Å². The van der Waals surface area contributed by atoms with Crippen LogP contribution in [0.25, 0.3) is 0 Å². The third-order valence-corrected chi connectivity index (χ3v) is 5.99. The Labute approximate surface area is 178 Å². The maximum absolute atomic E-state index is 14.2. The van der Waals surface area contributed by atoms with Crippen LogP contribution in [0.1, 0.15) is 15.9 Å².